The van der Waals surface area contributed by atoms with Gasteiger partial charge in [0.2, 0.25) is 0 Å². The summed E-state index contributed by atoms with van der Waals surface area (Å²) < 4.78 is 2.23. The Kier molecular flexibility index (Phi) is 3.76. The lowest BCUT2D eigenvalue weighted by atomic mass is 10.1. The SMILES string of the molecule is Cc1cccc(-n2[nH]c(CC(C)C)c(Br)c2=O)c1. The lowest BCUT2D eigenvalue weighted by molar-refractivity contribution is 0.626. The van der Waals surface area contributed by atoms with Crippen LogP contribution in [-0.2, 0) is 6.42 Å². The van der Waals surface area contributed by atoms with Gasteiger partial charge in [0.1, 0.15) is 4.47 Å². The largest absolute Gasteiger partial charge is 0.294 e. The summed E-state index contributed by atoms with van der Waals surface area (Å²) in [6.07, 6.45) is 0.856. The highest BCUT2D eigenvalue weighted by Gasteiger charge is 2.13. The zero-order valence-corrected chi connectivity index (χ0v) is 12.4. The Morgan fingerprint density at radius 2 is 2.11 bits per heavy atom. The quantitative estimate of drug-likeness (QED) is 0.926. The summed E-state index contributed by atoms with van der Waals surface area (Å²) >= 11 is 3.38. The number of aromatic amines is 1. The van der Waals surface area contributed by atoms with Crippen molar-refractivity contribution >= 4 is 15.9 Å². The Hall–Kier alpha value is -1.29. The second-order valence-corrected chi connectivity index (χ2v) is 5.77. The average Bonchev–Trinajstić information content (AvgIpc) is 2.57. The van der Waals surface area contributed by atoms with Crippen molar-refractivity contribution in [3.63, 3.8) is 0 Å². The molecule has 0 unspecified atom stereocenters. The van der Waals surface area contributed by atoms with Gasteiger partial charge in [-0.25, -0.2) is 4.68 Å². The van der Waals surface area contributed by atoms with Gasteiger partial charge in [-0.05, 0) is 52.9 Å². The first-order chi connectivity index (χ1) is 8.49. The molecule has 0 saturated carbocycles. The van der Waals surface area contributed by atoms with Crippen LogP contribution in [0.5, 0.6) is 0 Å². The molecule has 0 saturated heterocycles. The summed E-state index contributed by atoms with van der Waals surface area (Å²) in [6, 6.07) is 7.88. The van der Waals surface area contributed by atoms with E-state index in [1.54, 1.807) is 4.68 Å². The molecule has 0 spiro atoms. The van der Waals surface area contributed by atoms with Gasteiger partial charge in [0.05, 0.1) is 11.4 Å². The first kappa shape index (κ1) is 13.1. The maximum absolute atomic E-state index is 12.2. The number of hydrogen-bond acceptors (Lipinski definition) is 1. The van der Waals surface area contributed by atoms with Crippen LogP contribution in [0, 0.1) is 12.8 Å². The molecule has 0 aliphatic carbocycles. The molecule has 0 aliphatic heterocycles. The molecule has 18 heavy (non-hydrogen) atoms. The van der Waals surface area contributed by atoms with E-state index in [1.807, 2.05) is 31.2 Å². The third-order valence-corrected chi connectivity index (χ3v) is 3.59. The topological polar surface area (TPSA) is 37.8 Å². The molecule has 1 aromatic heterocycles. The molecule has 0 bridgehead atoms. The number of aryl methyl sites for hydroxylation is 1. The van der Waals surface area contributed by atoms with Crippen molar-refractivity contribution in [3.8, 4) is 5.69 Å². The van der Waals surface area contributed by atoms with E-state index in [0.717, 1.165) is 23.4 Å². The first-order valence-corrected chi connectivity index (χ1v) is 6.84. The fourth-order valence-corrected chi connectivity index (χ4v) is 2.38. The fourth-order valence-electron chi connectivity index (χ4n) is 1.95. The fraction of sp³-hybridized carbons (Fsp3) is 0.357. The van der Waals surface area contributed by atoms with Gasteiger partial charge in [-0.3, -0.25) is 9.89 Å². The molecule has 0 aliphatic rings. The highest BCUT2D eigenvalue weighted by molar-refractivity contribution is 9.10. The Labute approximate surface area is 115 Å². The van der Waals surface area contributed by atoms with Gasteiger partial charge in [-0.1, -0.05) is 26.0 Å². The van der Waals surface area contributed by atoms with E-state index < -0.39 is 0 Å². The molecular weight excluding hydrogens is 292 g/mol. The van der Waals surface area contributed by atoms with Crippen molar-refractivity contribution in [1.82, 2.24) is 9.78 Å². The van der Waals surface area contributed by atoms with Gasteiger partial charge in [-0.15, -0.1) is 0 Å². The number of H-pyrrole nitrogens is 1. The van der Waals surface area contributed by atoms with Crippen LogP contribution in [0.15, 0.2) is 33.5 Å². The molecule has 4 heteroatoms. The molecule has 1 heterocycles. The van der Waals surface area contributed by atoms with Gasteiger partial charge in [0.25, 0.3) is 5.56 Å². The summed E-state index contributed by atoms with van der Waals surface area (Å²) in [6.45, 7) is 6.28. The number of halogens is 1. The third-order valence-electron chi connectivity index (χ3n) is 2.77. The minimum Gasteiger partial charge on any atom is -0.294 e. The lowest BCUT2D eigenvalue weighted by Gasteiger charge is -2.04. The number of aromatic nitrogens is 2. The first-order valence-electron chi connectivity index (χ1n) is 6.05. The van der Waals surface area contributed by atoms with Crippen LogP contribution >= 0.6 is 15.9 Å². The third kappa shape index (κ3) is 2.58. The molecule has 1 N–H and O–H groups in total. The van der Waals surface area contributed by atoms with Crippen LogP contribution in [0.4, 0.5) is 0 Å². The summed E-state index contributed by atoms with van der Waals surface area (Å²) in [5, 5.41) is 3.18. The van der Waals surface area contributed by atoms with Crippen LogP contribution < -0.4 is 5.56 Å². The minimum atomic E-state index is -0.0312. The Morgan fingerprint density at radius 3 is 2.72 bits per heavy atom. The molecule has 0 amide bonds. The van der Waals surface area contributed by atoms with E-state index in [1.165, 1.54) is 0 Å². The zero-order valence-electron chi connectivity index (χ0n) is 10.8. The van der Waals surface area contributed by atoms with E-state index in [2.05, 4.69) is 34.9 Å². The summed E-state index contributed by atoms with van der Waals surface area (Å²) in [5.74, 6) is 0.505. The number of benzene rings is 1. The van der Waals surface area contributed by atoms with E-state index >= 15 is 0 Å². The predicted molar refractivity (Wildman–Crippen MR) is 77.4 cm³/mol. The van der Waals surface area contributed by atoms with Crippen molar-refractivity contribution in [2.45, 2.75) is 27.2 Å². The smallest absolute Gasteiger partial charge is 0.285 e. The zero-order chi connectivity index (χ0) is 13.3. The summed E-state index contributed by atoms with van der Waals surface area (Å²) in [5.41, 5.74) is 2.93. The van der Waals surface area contributed by atoms with Crippen LogP contribution in [-0.4, -0.2) is 9.78 Å². The maximum Gasteiger partial charge on any atom is 0.285 e. The van der Waals surface area contributed by atoms with Crippen molar-refractivity contribution in [2.24, 2.45) is 5.92 Å². The standard InChI is InChI=1S/C14H17BrN2O/c1-9(2)7-12-13(15)14(18)17(16-12)11-6-4-5-10(3)8-11/h4-6,8-9,16H,7H2,1-3H3. The monoisotopic (exact) mass is 308 g/mol. The van der Waals surface area contributed by atoms with Gasteiger partial charge < -0.3 is 0 Å². The lowest BCUT2D eigenvalue weighted by Crippen LogP contribution is -2.14. The van der Waals surface area contributed by atoms with E-state index in [4.69, 9.17) is 0 Å². The highest BCUT2D eigenvalue weighted by Crippen LogP contribution is 2.16. The summed E-state index contributed by atoms with van der Waals surface area (Å²) in [7, 11) is 0. The molecule has 0 radical (unpaired) electrons. The second-order valence-electron chi connectivity index (χ2n) is 4.98. The Balaban J connectivity index is 2.49. The molecule has 96 valence electrons. The second kappa shape index (κ2) is 5.14. The Morgan fingerprint density at radius 1 is 1.39 bits per heavy atom. The molecule has 3 nitrogen and oxygen atoms in total. The van der Waals surface area contributed by atoms with Crippen LogP contribution in [0.2, 0.25) is 0 Å². The number of hydrogen-bond donors (Lipinski definition) is 1. The summed E-state index contributed by atoms with van der Waals surface area (Å²) in [4.78, 5) is 12.2. The molecule has 2 aromatic rings. The van der Waals surface area contributed by atoms with Crippen molar-refractivity contribution in [2.75, 3.05) is 0 Å². The van der Waals surface area contributed by atoms with Gasteiger partial charge in [0, 0.05) is 0 Å². The number of rotatable bonds is 3. The van der Waals surface area contributed by atoms with Crippen molar-refractivity contribution in [3.05, 3.63) is 50.3 Å². The van der Waals surface area contributed by atoms with Gasteiger partial charge in [-0.2, -0.15) is 0 Å². The highest BCUT2D eigenvalue weighted by atomic mass is 79.9. The number of nitrogens with zero attached hydrogens (tertiary/aromatic N) is 1. The average molecular weight is 309 g/mol. The van der Waals surface area contributed by atoms with E-state index in [0.29, 0.717) is 10.4 Å². The van der Waals surface area contributed by atoms with Gasteiger partial charge >= 0.3 is 0 Å². The maximum atomic E-state index is 12.2. The van der Waals surface area contributed by atoms with Crippen LogP contribution in [0.1, 0.15) is 25.1 Å². The van der Waals surface area contributed by atoms with Crippen molar-refractivity contribution in [1.29, 1.82) is 0 Å². The Bertz CT molecular complexity index is 610. The molecular formula is C14H17BrN2O. The molecule has 2 rings (SSSR count). The predicted octanol–water partition coefficient (Wildman–Crippen LogP) is 3.44. The number of nitrogens with one attached hydrogen (secondary N) is 1. The normalized spacial score (nSPS) is 11.2. The van der Waals surface area contributed by atoms with Gasteiger partial charge in [0.15, 0.2) is 0 Å². The van der Waals surface area contributed by atoms with E-state index in [9.17, 15) is 4.79 Å². The molecule has 1 aromatic carbocycles. The van der Waals surface area contributed by atoms with Crippen LogP contribution in [0.3, 0.4) is 0 Å². The molecule has 0 fully saturated rings. The van der Waals surface area contributed by atoms with E-state index in [-0.39, 0.29) is 5.56 Å². The molecule has 0 atom stereocenters. The van der Waals surface area contributed by atoms with Crippen LogP contribution in [0.25, 0.3) is 5.69 Å². The minimum absolute atomic E-state index is 0.0312. The van der Waals surface area contributed by atoms with Crippen molar-refractivity contribution < 1.29 is 0 Å².